The van der Waals surface area contributed by atoms with Crippen molar-refractivity contribution in [2.45, 2.75) is 5.97 Å². The monoisotopic (exact) mass is 103 g/mol. The summed E-state index contributed by atoms with van der Waals surface area (Å²) in [5, 5.41) is 0. The van der Waals surface area contributed by atoms with E-state index in [0.29, 0.717) is 0 Å². The second kappa shape index (κ2) is 2.02. The Morgan fingerprint density at radius 3 is 2.14 bits per heavy atom. The number of ether oxygens (including phenoxy) is 1. The van der Waals surface area contributed by atoms with Gasteiger partial charge >= 0.3 is 0 Å². The predicted octanol–water partition coefficient (Wildman–Crippen LogP) is -1.14. The van der Waals surface area contributed by atoms with Gasteiger partial charge in [0.15, 0.2) is 0 Å². The third kappa shape index (κ3) is 2.27. The van der Waals surface area contributed by atoms with Crippen molar-refractivity contribution in [1.29, 1.82) is 0 Å². The van der Waals surface area contributed by atoms with Crippen molar-refractivity contribution in [2.75, 3.05) is 7.11 Å². The molecular formula is C3H9N3O. The fourth-order valence-corrected chi connectivity index (χ4v) is 0.0645. The largest absolute Gasteiger partial charge is 0.332 e. The number of hydrogen-bond acceptors (Lipinski definition) is 4. The molecule has 0 aromatic heterocycles. The lowest BCUT2D eigenvalue weighted by Crippen LogP contribution is -2.48. The predicted molar refractivity (Wildman–Crippen MR) is 27.7 cm³/mol. The molecule has 0 fully saturated rings. The van der Waals surface area contributed by atoms with Gasteiger partial charge in [-0.2, -0.15) is 0 Å². The van der Waals surface area contributed by atoms with Crippen LogP contribution in [-0.2, 0) is 4.74 Å². The molecule has 0 aromatic carbocycles. The maximum atomic E-state index is 5.04. The van der Waals surface area contributed by atoms with Gasteiger partial charge in [-0.3, -0.25) is 11.5 Å². The Labute approximate surface area is 42.2 Å². The van der Waals surface area contributed by atoms with E-state index in [4.69, 9.17) is 11.5 Å². The van der Waals surface area contributed by atoms with Crippen LogP contribution in [0.3, 0.4) is 0 Å². The highest BCUT2D eigenvalue weighted by Gasteiger charge is 2.10. The van der Waals surface area contributed by atoms with Gasteiger partial charge in [-0.05, 0) is 6.72 Å². The Morgan fingerprint density at radius 1 is 1.71 bits per heavy atom. The number of aliphatic imine (C=N–C) groups is 1. The van der Waals surface area contributed by atoms with E-state index in [1.165, 1.54) is 7.11 Å². The lowest BCUT2D eigenvalue weighted by atomic mass is 10.8. The minimum absolute atomic E-state index is 1.36. The molecule has 0 aliphatic heterocycles. The summed E-state index contributed by atoms with van der Waals surface area (Å²) in [5.74, 6) is -1.40. The molecule has 0 aliphatic carbocycles. The third-order valence-electron chi connectivity index (χ3n) is 0.574. The molecule has 7 heavy (non-hydrogen) atoms. The quantitative estimate of drug-likeness (QED) is 0.343. The zero-order valence-corrected chi connectivity index (χ0v) is 4.22. The van der Waals surface area contributed by atoms with Gasteiger partial charge in [0.2, 0.25) is 0 Å². The molecule has 42 valence electrons. The fraction of sp³-hybridized carbons (Fsp3) is 0.667. The van der Waals surface area contributed by atoms with Gasteiger partial charge in [0.25, 0.3) is 5.97 Å². The minimum atomic E-state index is -1.40. The maximum Gasteiger partial charge on any atom is 0.271 e. The summed E-state index contributed by atoms with van der Waals surface area (Å²) >= 11 is 0. The summed E-state index contributed by atoms with van der Waals surface area (Å²) in [7, 11) is 1.36. The first-order valence-corrected chi connectivity index (χ1v) is 1.73. The van der Waals surface area contributed by atoms with E-state index in [-0.39, 0.29) is 0 Å². The highest BCUT2D eigenvalue weighted by Crippen LogP contribution is 1.87. The summed E-state index contributed by atoms with van der Waals surface area (Å²) in [5.41, 5.74) is 10.1. The van der Waals surface area contributed by atoms with Crippen LogP contribution in [-0.4, -0.2) is 19.8 Å². The molecule has 4 N–H and O–H groups in total. The van der Waals surface area contributed by atoms with Gasteiger partial charge in [0.05, 0.1) is 0 Å². The Morgan fingerprint density at radius 2 is 2.14 bits per heavy atom. The maximum absolute atomic E-state index is 5.04. The molecule has 4 nitrogen and oxygen atoms in total. The van der Waals surface area contributed by atoms with Crippen LogP contribution < -0.4 is 11.5 Å². The van der Waals surface area contributed by atoms with E-state index < -0.39 is 5.97 Å². The molecule has 0 radical (unpaired) electrons. The van der Waals surface area contributed by atoms with Gasteiger partial charge < -0.3 is 4.74 Å². The molecule has 0 aliphatic rings. The van der Waals surface area contributed by atoms with Crippen molar-refractivity contribution in [3.8, 4) is 0 Å². The van der Waals surface area contributed by atoms with Crippen molar-refractivity contribution in [3.63, 3.8) is 0 Å². The second-order valence-corrected chi connectivity index (χ2v) is 1.11. The number of nitrogens with two attached hydrogens (primary N) is 2. The Balaban J connectivity index is 3.58. The number of methoxy groups -OCH3 is 1. The smallest absolute Gasteiger partial charge is 0.271 e. The number of nitrogens with zero attached hydrogens (tertiary/aromatic N) is 1. The van der Waals surface area contributed by atoms with Crippen LogP contribution >= 0.6 is 0 Å². The van der Waals surface area contributed by atoms with Gasteiger partial charge in [-0.25, -0.2) is 4.99 Å². The van der Waals surface area contributed by atoms with Gasteiger partial charge in [-0.1, -0.05) is 0 Å². The summed E-state index contributed by atoms with van der Waals surface area (Å²) in [6, 6.07) is 0. The van der Waals surface area contributed by atoms with Crippen LogP contribution in [0.25, 0.3) is 0 Å². The fourth-order valence-electron chi connectivity index (χ4n) is 0.0645. The van der Waals surface area contributed by atoms with E-state index in [0.717, 1.165) is 0 Å². The minimum Gasteiger partial charge on any atom is -0.332 e. The normalized spacial score (nSPS) is 11.3. The van der Waals surface area contributed by atoms with E-state index >= 15 is 0 Å². The first-order chi connectivity index (χ1) is 3.12. The Bertz CT molecular complexity index is 70.6. The van der Waals surface area contributed by atoms with Crippen LogP contribution in [0, 0.1) is 0 Å². The van der Waals surface area contributed by atoms with Crippen LogP contribution in [0.1, 0.15) is 0 Å². The van der Waals surface area contributed by atoms with Gasteiger partial charge in [0.1, 0.15) is 0 Å². The zero-order chi connectivity index (χ0) is 5.91. The average molecular weight is 103 g/mol. The van der Waals surface area contributed by atoms with Crippen LogP contribution in [0.5, 0.6) is 0 Å². The molecule has 0 spiro atoms. The summed E-state index contributed by atoms with van der Waals surface area (Å²) < 4.78 is 4.41. The number of rotatable bonds is 2. The highest BCUT2D eigenvalue weighted by molar-refractivity contribution is 5.24. The summed E-state index contributed by atoms with van der Waals surface area (Å²) in [6.45, 7) is 3.08. The standard InChI is InChI=1S/C3H9N3O/c1-6-3(4,5)7-2/h1,4-5H2,2H3. The summed E-state index contributed by atoms with van der Waals surface area (Å²) in [6.07, 6.45) is 0. The van der Waals surface area contributed by atoms with Crippen molar-refractivity contribution in [3.05, 3.63) is 0 Å². The van der Waals surface area contributed by atoms with Crippen molar-refractivity contribution in [1.82, 2.24) is 0 Å². The van der Waals surface area contributed by atoms with Crippen LogP contribution in [0.4, 0.5) is 0 Å². The topological polar surface area (TPSA) is 73.6 Å². The zero-order valence-electron chi connectivity index (χ0n) is 4.22. The first-order valence-electron chi connectivity index (χ1n) is 1.73. The Hall–Kier alpha value is -0.450. The molecule has 0 bridgehead atoms. The molecule has 0 aromatic rings. The Kier molecular flexibility index (Phi) is 1.89. The van der Waals surface area contributed by atoms with Crippen molar-refractivity contribution < 1.29 is 4.74 Å². The third-order valence-corrected chi connectivity index (χ3v) is 0.574. The molecule has 0 unspecified atom stereocenters. The molecular weight excluding hydrogens is 94.1 g/mol. The average Bonchev–Trinajstić information content (AvgIpc) is 1.68. The molecule has 0 rings (SSSR count). The van der Waals surface area contributed by atoms with Crippen LogP contribution in [0.15, 0.2) is 4.99 Å². The molecule has 0 saturated carbocycles. The lowest BCUT2D eigenvalue weighted by molar-refractivity contribution is 0.00957. The molecule has 0 amide bonds. The highest BCUT2D eigenvalue weighted by atomic mass is 16.5. The van der Waals surface area contributed by atoms with Gasteiger partial charge in [-0.15, -0.1) is 0 Å². The second-order valence-electron chi connectivity index (χ2n) is 1.11. The molecule has 0 atom stereocenters. The first kappa shape index (κ1) is 6.55. The van der Waals surface area contributed by atoms with Crippen LogP contribution in [0.2, 0.25) is 0 Å². The van der Waals surface area contributed by atoms with E-state index in [2.05, 4.69) is 16.4 Å². The van der Waals surface area contributed by atoms with E-state index in [1.54, 1.807) is 0 Å². The van der Waals surface area contributed by atoms with Crippen molar-refractivity contribution in [2.24, 2.45) is 16.5 Å². The molecule has 0 saturated heterocycles. The molecule has 4 heteroatoms. The van der Waals surface area contributed by atoms with Gasteiger partial charge in [0, 0.05) is 7.11 Å². The number of hydrogen-bond donors (Lipinski definition) is 2. The lowest BCUT2D eigenvalue weighted by Gasteiger charge is -2.14. The van der Waals surface area contributed by atoms with E-state index in [1.807, 2.05) is 0 Å². The van der Waals surface area contributed by atoms with E-state index in [9.17, 15) is 0 Å². The van der Waals surface area contributed by atoms with Crippen molar-refractivity contribution >= 4 is 6.72 Å². The molecule has 0 heterocycles. The summed E-state index contributed by atoms with van der Waals surface area (Å²) in [4.78, 5) is 3.22. The SMILES string of the molecule is C=NC(N)(N)OC.